The fourth-order valence-corrected chi connectivity index (χ4v) is 2.02. The maximum absolute atomic E-state index is 12.1. The molecule has 0 saturated heterocycles. The van der Waals surface area contributed by atoms with Crippen LogP contribution in [0, 0.1) is 5.92 Å². The van der Waals surface area contributed by atoms with Crippen LogP contribution >= 0.6 is 0 Å². The smallest absolute Gasteiger partial charge is 0.251 e. The van der Waals surface area contributed by atoms with Crippen LogP contribution in [0.5, 0.6) is 0 Å². The number of aliphatic hydroxyl groups excluding tert-OH is 1. The minimum absolute atomic E-state index is 0.0272. The lowest BCUT2D eigenvalue weighted by Gasteiger charge is -2.25. The Morgan fingerprint density at radius 3 is 2.38 bits per heavy atom. The molecule has 0 spiro atoms. The molecule has 0 radical (unpaired) electrons. The van der Waals surface area contributed by atoms with Crippen molar-refractivity contribution in [1.82, 2.24) is 5.32 Å². The number of rotatable bonds is 6. The fraction of sp³-hybridized carbons (Fsp3) is 0.500. The van der Waals surface area contributed by atoms with Gasteiger partial charge in [-0.3, -0.25) is 9.59 Å². The van der Waals surface area contributed by atoms with E-state index < -0.39 is 5.54 Å². The number of anilines is 1. The summed E-state index contributed by atoms with van der Waals surface area (Å²) in [4.78, 5) is 23.7. The standard InChI is InChI=1S/C16H22N2O3/c1-16(2,9-10-19)18-15(21)12-5-7-13(8-6-12)17-14(20)11-3-4-11/h5-8,11,19H,3-4,9-10H2,1-2H3,(H,17,20)(H,18,21). The normalized spacial score (nSPS) is 14.6. The molecule has 2 rings (SSSR count). The van der Waals surface area contributed by atoms with Gasteiger partial charge in [0.1, 0.15) is 0 Å². The van der Waals surface area contributed by atoms with Gasteiger partial charge in [0.2, 0.25) is 5.91 Å². The molecule has 1 saturated carbocycles. The van der Waals surface area contributed by atoms with Gasteiger partial charge in [0, 0.05) is 29.3 Å². The number of hydrogen-bond acceptors (Lipinski definition) is 3. The predicted octanol–water partition coefficient (Wildman–Crippen LogP) is 1.93. The topological polar surface area (TPSA) is 78.4 Å². The first-order chi connectivity index (χ1) is 9.91. The molecule has 0 atom stereocenters. The zero-order chi connectivity index (χ0) is 15.5. The molecule has 1 aromatic rings. The lowest BCUT2D eigenvalue weighted by atomic mass is 10.0. The first kappa shape index (κ1) is 15.5. The average Bonchev–Trinajstić information content (AvgIpc) is 3.23. The highest BCUT2D eigenvalue weighted by Crippen LogP contribution is 2.30. The van der Waals surface area contributed by atoms with E-state index in [2.05, 4.69) is 10.6 Å². The monoisotopic (exact) mass is 290 g/mol. The number of nitrogens with one attached hydrogen (secondary N) is 2. The van der Waals surface area contributed by atoms with Crippen molar-refractivity contribution in [2.24, 2.45) is 5.92 Å². The van der Waals surface area contributed by atoms with Crippen LogP contribution in [0.25, 0.3) is 0 Å². The molecular weight excluding hydrogens is 268 g/mol. The first-order valence-electron chi connectivity index (χ1n) is 7.25. The quantitative estimate of drug-likeness (QED) is 0.749. The highest BCUT2D eigenvalue weighted by Gasteiger charge is 2.29. The van der Waals surface area contributed by atoms with E-state index in [1.807, 2.05) is 13.8 Å². The third kappa shape index (κ3) is 4.56. The van der Waals surface area contributed by atoms with Crippen molar-refractivity contribution >= 4 is 17.5 Å². The molecule has 5 nitrogen and oxygen atoms in total. The van der Waals surface area contributed by atoms with E-state index in [9.17, 15) is 9.59 Å². The van der Waals surface area contributed by atoms with Crippen LogP contribution in [0.2, 0.25) is 0 Å². The number of hydrogen-bond donors (Lipinski definition) is 3. The molecule has 1 aliphatic rings. The maximum atomic E-state index is 12.1. The van der Waals surface area contributed by atoms with Crippen LogP contribution in [0.4, 0.5) is 5.69 Å². The van der Waals surface area contributed by atoms with Crippen LogP contribution < -0.4 is 10.6 Å². The molecule has 2 amide bonds. The molecule has 1 aromatic carbocycles. The van der Waals surface area contributed by atoms with Gasteiger partial charge in [0.15, 0.2) is 0 Å². The molecule has 114 valence electrons. The Balaban J connectivity index is 1.94. The minimum atomic E-state index is -0.454. The number of carbonyl (C=O) groups excluding carboxylic acids is 2. The molecule has 1 aliphatic carbocycles. The summed E-state index contributed by atoms with van der Waals surface area (Å²) in [6.45, 7) is 3.76. The van der Waals surface area contributed by atoms with E-state index >= 15 is 0 Å². The minimum Gasteiger partial charge on any atom is -0.396 e. The molecule has 0 bridgehead atoms. The molecule has 0 aromatic heterocycles. The fourth-order valence-electron chi connectivity index (χ4n) is 2.02. The molecule has 1 fully saturated rings. The van der Waals surface area contributed by atoms with Crippen molar-refractivity contribution in [3.05, 3.63) is 29.8 Å². The third-order valence-electron chi connectivity index (χ3n) is 3.55. The van der Waals surface area contributed by atoms with E-state index in [-0.39, 0.29) is 24.3 Å². The summed E-state index contributed by atoms with van der Waals surface area (Å²) in [7, 11) is 0. The summed E-state index contributed by atoms with van der Waals surface area (Å²) in [5.74, 6) is 0.0251. The number of benzene rings is 1. The van der Waals surface area contributed by atoms with Crippen molar-refractivity contribution in [2.45, 2.75) is 38.6 Å². The van der Waals surface area contributed by atoms with E-state index in [0.29, 0.717) is 17.7 Å². The van der Waals surface area contributed by atoms with Crippen LogP contribution in [-0.2, 0) is 4.79 Å². The van der Waals surface area contributed by atoms with Gasteiger partial charge in [-0.2, -0.15) is 0 Å². The highest BCUT2D eigenvalue weighted by atomic mass is 16.3. The zero-order valence-electron chi connectivity index (χ0n) is 12.5. The van der Waals surface area contributed by atoms with Gasteiger partial charge >= 0.3 is 0 Å². The summed E-state index contributed by atoms with van der Waals surface area (Å²) < 4.78 is 0. The Morgan fingerprint density at radius 2 is 1.86 bits per heavy atom. The van der Waals surface area contributed by atoms with Gasteiger partial charge in [-0.05, 0) is 57.4 Å². The maximum Gasteiger partial charge on any atom is 0.251 e. The zero-order valence-corrected chi connectivity index (χ0v) is 12.5. The summed E-state index contributed by atoms with van der Waals surface area (Å²) in [6, 6.07) is 6.84. The molecular formula is C16H22N2O3. The highest BCUT2D eigenvalue weighted by molar-refractivity contribution is 5.97. The molecule has 0 unspecified atom stereocenters. The van der Waals surface area contributed by atoms with Gasteiger partial charge in [-0.15, -0.1) is 0 Å². The van der Waals surface area contributed by atoms with Crippen LogP contribution in [0.15, 0.2) is 24.3 Å². The van der Waals surface area contributed by atoms with Gasteiger partial charge in [-0.1, -0.05) is 0 Å². The van der Waals surface area contributed by atoms with E-state index in [0.717, 1.165) is 12.8 Å². The molecule has 0 heterocycles. The van der Waals surface area contributed by atoms with Gasteiger partial charge in [-0.25, -0.2) is 0 Å². The van der Waals surface area contributed by atoms with Crippen LogP contribution in [0.1, 0.15) is 43.5 Å². The van der Waals surface area contributed by atoms with E-state index in [1.165, 1.54) is 0 Å². The van der Waals surface area contributed by atoms with Crippen molar-refractivity contribution in [2.75, 3.05) is 11.9 Å². The van der Waals surface area contributed by atoms with Crippen LogP contribution in [0.3, 0.4) is 0 Å². The van der Waals surface area contributed by atoms with Gasteiger partial charge in [0.05, 0.1) is 0 Å². The van der Waals surface area contributed by atoms with E-state index in [4.69, 9.17) is 5.11 Å². The van der Waals surface area contributed by atoms with Gasteiger partial charge in [0.25, 0.3) is 5.91 Å². The second-order valence-corrected chi connectivity index (χ2v) is 6.15. The summed E-state index contributed by atoms with van der Waals surface area (Å²) in [5.41, 5.74) is 0.786. The van der Waals surface area contributed by atoms with Crippen LogP contribution in [-0.4, -0.2) is 29.1 Å². The summed E-state index contributed by atoms with van der Waals surface area (Å²) in [5, 5.41) is 14.7. The third-order valence-corrected chi connectivity index (χ3v) is 3.55. The van der Waals surface area contributed by atoms with E-state index in [1.54, 1.807) is 24.3 Å². The Labute approximate surface area is 124 Å². The predicted molar refractivity (Wildman–Crippen MR) is 81.0 cm³/mol. The lowest BCUT2D eigenvalue weighted by molar-refractivity contribution is -0.117. The van der Waals surface area contributed by atoms with Crippen molar-refractivity contribution < 1.29 is 14.7 Å². The number of carbonyl (C=O) groups is 2. The van der Waals surface area contributed by atoms with Crippen molar-refractivity contribution in [3.63, 3.8) is 0 Å². The second kappa shape index (κ2) is 6.26. The largest absolute Gasteiger partial charge is 0.396 e. The van der Waals surface area contributed by atoms with Crippen molar-refractivity contribution in [1.29, 1.82) is 0 Å². The first-order valence-corrected chi connectivity index (χ1v) is 7.25. The average molecular weight is 290 g/mol. The molecule has 5 heteroatoms. The Hall–Kier alpha value is -1.88. The second-order valence-electron chi connectivity index (χ2n) is 6.15. The summed E-state index contributed by atoms with van der Waals surface area (Å²) >= 11 is 0. The van der Waals surface area contributed by atoms with Crippen molar-refractivity contribution in [3.8, 4) is 0 Å². The molecule has 21 heavy (non-hydrogen) atoms. The molecule has 0 aliphatic heterocycles. The molecule has 3 N–H and O–H groups in total. The Morgan fingerprint density at radius 1 is 1.24 bits per heavy atom. The SMILES string of the molecule is CC(C)(CCO)NC(=O)c1ccc(NC(=O)C2CC2)cc1. The number of aliphatic hydroxyl groups is 1. The lowest BCUT2D eigenvalue weighted by Crippen LogP contribution is -2.44. The summed E-state index contributed by atoms with van der Waals surface area (Å²) in [6.07, 6.45) is 2.42. The Kier molecular flexibility index (Phi) is 4.63. The number of amides is 2. The van der Waals surface area contributed by atoms with Gasteiger partial charge < -0.3 is 15.7 Å². The Bertz CT molecular complexity index is 519.